The lowest BCUT2D eigenvalue weighted by molar-refractivity contribution is -0.142. The van der Waals surface area contributed by atoms with Crippen molar-refractivity contribution < 1.29 is 23.7 Å². The van der Waals surface area contributed by atoms with Crippen molar-refractivity contribution in [3.05, 3.63) is 0 Å². The SMILES string of the molecule is COC1OC[C@]2(OC)[C@@H](I)[C@@H]3OC(=O)C[C@@H]3[C@H]12. The molecule has 0 bridgehead atoms. The average Bonchev–Trinajstić information content (AvgIpc) is 2.92. The minimum absolute atomic E-state index is 0.0606. The maximum Gasteiger partial charge on any atom is 0.306 e. The van der Waals surface area contributed by atoms with Crippen LogP contribution in [-0.2, 0) is 23.7 Å². The predicted molar refractivity (Wildman–Crippen MR) is 65.8 cm³/mol. The lowest BCUT2D eigenvalue weighted by atomic mass is 9.86. The van der Waals surface area contributed by atoms with Crippen LogP contribution in [0.1, 0.15) is 6.42 Å². The summed E-state index contributed by atoms with van der Waals surface area (Å²) in [5.74, 6) is 0.112. The van der Waals surface area contributed by atoms with Crippen molar-refractivity contribution in [1.82, 2.24) is 0 Å². The fraction of sp³-hybridized carbons (Fsp3) is 0.909. The highest BCUT2D eigenvalue weighted by molar-refractivity contribution is 14.1. The number of hydrogen-bond acceptors (Lipinski definition) is 5. The zero-order valence-corrected chi connectivity index (χ0v) is 11.9. The first-order valence-corrected chi connectivity index (χ1v) is 6.91. The van der Waals surface area contributed by atoms with Crippen molar-refractivity contribution >= 4 is 28.6 Å². The Morgan fingerprint density at radius 3 is 2.88 bits per heavy atom. The van der Waals surface area contributed by atoms with E-state index in [-0.39, 0.29) is 39.7 Å². The molecule has 0 N–H and O–H groups in total. The molecule has 0 aromatic carbocycles. The van der Waals surface area contributed by atoms with Gasteiger partial charge in [0.1, 0.15) is 11.7 Å². The molecule has 3 aliphatic rings. The molecule has 2 saturated heterocycles. The van der Waals surface area contributed by atoms with Gasteiger partial charge in [0.15, 0.2) is 6.29 Å². The Morgan fingerprint density at radius 1 is 1.47 bits per heavy atom. The van der Waals surface area contributed by atoms with Crippen molar-refractivity contribution in [2.75, 3.05) is 20.8 Å². The van der Waals surface area contributed by atoms with Crippen LogP contribution in [0, 0.1) is 11.8 Å². The first-order chi connectivity index (χ1) is 8.14. The molecule has 0 aromatic rings. The predicted octanol–water partition coefficient (Wildman–Crippen LogP) is 0.739. The van der Waals surface area contributed by atoms with Crippen molar-refractivity contribution in [3.63, 3.8) is 0 Å². The Morgan fingerprint density at radius 2 is 2.24 bits per heavy atom. The molecule has 1 unspecified atom stereocenters. The van der Waals surface area contributed by atoms with E-state index in [1.807, 2.05) is 0 Å². The van der Waals surface area contributed by atoms with E-state index < -0.39 is 0 Å². The second-order valence-corrected chi connectivity index (χ2v) is 6.17. The summed E-state index contributed by atoms with van der Waals surface area (Å²) in [5.41, 5.74) is -0.378. The number of methoxy groups -OCH3 is 2. The number of ether oxygens (including phenoxy) is 4. The summed E-state index contributed by atoms with van der Waals surface area (Å²) < 4.78 is 22.3. The number of carbonyl (C=O) groups is 1. The second kappa shape index (κ2) is 4.04. The number of esters is 1. The zero-order chi connectivity index (χ0) is 12.2. The summed E-state index contributed by atoms with van der Waals surface area (Å²) in [4.78, 5) is 11.4. The summed E-state index contributed by atoms with van der Waals surface area (Å²) in [6.45, 7) is 0.505. The normalized spacial score (nSPS) is 52.4. The van der Waals surface area contributed by atoms with Crippen LogP contribution in [-0.4, -0.2) is 48.7 Å². The number of fused-ring (bicyclic) bond motifs is 3. The summed E-state index contributed by atoms with van der Waals surface area (Å²) in [7, 11) is 3.33. The molecular formula is C11H15IO5. The highest BCUT2D eigenvalue weighted by Crippen LogP contribution is 2.56. The van der Waals surface area contributed by atoms with Gasteiger partial charge in [-0.15, -0.1) is 0 Å². The van der Waals surface area contributed by atoms with Gasteiger partial charge in [0.2, 0.25) is 0 Å². The Balaban J connectivity index is 1.98. The quantitative estimate of drug-likeness (QED) is 0.416. The van der Waals surface area contributed by atoms with Crippen LogP contribution < -0.4 is 0 Å². The van der Waals surface area contributed by atoms with Gasteiger partial charge in [-0.2, -0.15) is 0 Å². The lowest BCUT2D eigenvalue weighted by Gasteiger charge is -2.31. The average molecular weight is 354 g/mol. The van der Waals surface area contributed by atoms with E-state index in [1.54, 1.807) is 14.2 Å². The smallest absolute Gasteiger partial charge is 0.306 e. The number of rotatable bonds is 2. The third-order valence-corrected chi connectivity index (χ3v) is 6.01. The van der Waals surface area contributed by atoms with Crippen LogP contribution in [0.25, 0.3) is 0 Å². The fourth-order valence-corrected chi connectivity index (χ4v) is 5.00. The molecule has 2 heterocycles. The van der Waals surface area contributed by atoms with E-state index in [9.17, 15) is 4.79 Å². The molecule has 0 spiro atoms. The van der Waals surface area contributed by atoms with E-state index in [2.05, 4.69) is 22.6 Å². The number of carbonyl (C=O) groups excluding carboxylic acids is 1. The van der Waals surface area contributed by atoms with Gasteiger partial charge in [0, 0.05) is 26.1 Å². The Kier molecular flexibility index (Phi) is 2.88. The third kappa shape index (κ3) is 1.44. The highest BCUT2D eigenvalue weighted by Gasteiger charge is 2.69. The topological polar surface area (TPSA) is 54.0 Å². The molecule has 1 saturated carbocycles. The van der Waals surface area contributed by atoms with Gasteiger partial charge >= 0.3 is 5.97 Å². The molecule has 0 amide bonds. The number of halogens is 1. The molecule has 96 valence electrons. The summed E-state index contributed by atoms with van der Waals surface area (Å²) in [6.07, 6.45) is 0.0923. The van der Waals surface area contributed by atoms with Crippen LogP contribution in [0.4, 0.5) is 0 Å². The van der Waals surface area contributed by atoms with Gasteiger partial charge in [-0.25, -0.2) is 0 Å². The summed E-state index contributed by atoms with van der Waals surface area (Å²) >= 11 is 2.32. The Hall–Kier alpha value is 0.0800. The largest absolute Gasteiger partial charge is 0.461 e. The molecule has 6 atom stereocenters. The van der Waals surface area contributed by atoms with Crippen LogP contribution in [0.2, 0.25) is 0 Å². The molecule has 3 rings (SSSR count). The van der Waals surface area contributed by atoms with Crippen LogP contribution in [0.5, 0.6) is 0 Å². The van der Waals surface area contributed by atoms with E-state index in [0.717, 1.165) is 0 Å². The van der Waals surface area contributed by atoms with E-state index in [4.69, 9.17) is 18.9 Å². The highest BCUT2D eigenvalue weighted by atomic mass is 127. The van der Waals surface area contributed by atoms with E-state index >= 15 is 0 Å². The van der Waals surface area contributed by atoms with Gasteiger partial charge < -0.3 is 18.9 Å². The maximum absolute atomic E-state index is 11.4. The lowest BCUT2D eigenvalue weighted by Crippen LogP contribution is -2.46. The monoisotopic (exact) mass is 354 g/mol. The van der Waals surface area contributed by atoms with Crippen molar-refractivity contribution in [2.45, 2.75) is 28.3 Å². The number of alkyl halides is 1. The Bertz CT molecular complexity index is 349. The van der Waals surface area contributed by atoms with E-state index in [1.165, 1.54) is 0 Å². The van der Waals surface area contributed by atoms with Crippen LogP contribution in [0.15, 0.2) is 0 Å². The molecule has 17 heavy (non-hydrogen) atoms. The van der Waals surface area contributed by atoms with Crippen molar-refractivity contribution in [3.8, 4) is 0 Å². The van der Waals surface area contributed by atoms with E-state index in [0.29, 0.717) is 13.0 Å². The van der Waals surface area contributed by atoms with Crippen LogP contribution in [0.3, 0.4) is 0 Å². The van der Waals surface area contributed by atoms with Gasteiger partial charge in [-0.3, -0.25) is 4.79 Å². The van der Waals surface area contributed by atoms with Crippen molar-refractivity contribution in [1.29, 1.82) is 0 Å². The third-order valence-electron chi connectivity index (χ3n) is 4.25. The number of hydrogen-bond donors (Lipinski definition) is 0. The van der Waals surface area contributed by atoms with Gasteiger partial charge in [-0.05, 0) is 0 Å². The maximum atomic E-state index is 11.4. The molecule has 1 aliphatic carbocycles. The molecule has 0 radical (unpaired) electrons. The molecular weight excluding hydrogens is 339 g/mol. The van der Waals surface area contributed by atoms with Gasteiger partial charge in [-0.1, -0.05) is 22.6 Å². The minimum atomic E-state index is -0.378. The first kappa shape index (κ1) is 12.1. The zero-order valence-electron chi connectivity index (χ0n) is 9.72. The summed E-state index contributed by atoms with van der Waals surface area (Å²) in [5, 5.41) is 0. The second-order valence-electron chi connectivity index (χ2n) is 4.82. The molecule has 5 nitrogen and oxygen atoms in total. The molecule has 6 heteroatoms. The molecule has 2 aliphatic heterocycles. The van der Waals surface area contributed by atoms with Gasteiger partial charge in [0.25, 0.3) is 0 Å². The van der Waals surface area contributed by atoms with Crippen molar-refractivity contribution in [2.24, 2.45) is 11.8 Å². The first-order valence-electron chi connectivity index (χ1n) is 5.67. The molecule has 0 aromatic heterocycles. The molecule has 3 fully saturated rings. The summed E-state index contributed by atoms with van der Waals surface area (Å²) in [6, 6.07) is 0. The standard InChI is InChI=1S/C11H15IO5/c1-14-10-7-5-3-6(13)17-8(5)9(12)11(7,15-2)4-16-10/h5,7-10H,3-4H2,1-2H3/t5-,7-,8-,9+,10?,11-/m1/s1. The fourth-order valence-electron chi connectivity index (χ4n) is 3.47. The minimum Gasteiger partial charge on any atom is -0.461 e. The van der Waals surface area contributed by atoms with Crippen LogP contribution >= 0.6 is 22.6 Å². The Labute approximate surface area is 113 Å². The van der Waals surface area contributed by atoms with Gasteiger partial charge in [0.05, 0.1) is 17.0 Å².